The molecule has 1 amide bonds. The third-order valence-corrected chi connectivity index (χ3v) is 3.20. The maximum Gasteiger partial charge on any atom is 0.432 e. The molecule has 7 nitrogen and oxygen atoms in total. The lowest BCUT2D eigenvalue weighted by Crippen LogP contribution is -2.21. The van der Waals surface area contributed by atoms with Gasteiger partial charge in [0, 0.05) is 13.3 Å². The van der Waals surface area contributed by atoms with Crippen LogP contribution in [0.25, 0.3) is 0 Å². The Balaban J connectivity index is 2.38. The Labute approximate surface area is 132 Å². The number of carboxylic acid groups (broad SMARTS) is 1. The van der Waals surface area contributed by atoms with Gasteiger partial charge in [0.25, 0.3) is 0 Å². The Kier molecular flexibility index (Phi) is 4.46. The van der Waals surface area contributed by atoms with Gasteiger partial charge in [-0.05, 0) is 6.07 Å². The van der Waals surface area contributed by atoms with Crippen LogP contribution in [-0.2, 0) is 9.63 Å². The fraction of sp³-hybridized carbons (Fsp3) is 0.333. The summed E-state index contributed by atoms with van der Waals surface area (Å²) in [4.78, 5) is 30.6. The first-order chi connectivity index (χ1) is 10.6. The van der Waals surface area contributed by atoms with Crippen LogP contribution in [0.4, 0.5) is 18.9 Å². The number of nitrogens with zero attached hydrogens (tertiary/aromatic N) is 2. The van der Waals surface area contributed by atoms with Crippen LogP contribution in [0.1, 0.15) is 35.6 Å². The van der Waals surface area contributed by atoms with Gasteiger partial charge < -0.3 is 15.3 Å². The summed E-state index contributed by atoms with van der Waals surface area (Å²) in [7, 11) is 0. The van der Waals surface area contributed by atoms with Gasteiger partial charge in [0.1, 0.15) is 0 Å². The number of amides is 1. The van der Waals surface area contributed by atoms with Crippen LogP contribution in [0, 0.1) is 0 Å². The first-order valence-corrected chi connectivity index (χ1v) is 6.48. The molecule has 1 unspecified atom stereocenters. The zero-order chi connectivity index (χ0) is 17.4. The largest absolute Gasteiger partial charge is 0.476 e. The van der Waals surface area contributed by atoms with Gasteiger partial charge in [-0.2, -0.15) is 13.2 Å². The molecule has 11 heteroatoms. The van der Waals surface area contributed by atoms with E-state index in [2.05, 4.69) is 20.3 Å². The molecule has 0 saturated carbocycles. The molecule has 2 N–H and O–H groups in total. The topological polar surface area (TPSA) is 101 Å². The zero-order valence-corrected chi connectivity index (χ0v) is 12.2. The van der Waals surface area contributed by atoms with Crippen molar-refractivity contribution in [1.82, 2.24) is 4.98 Å². The Hall–Kier alpha value is -2.36. The number of nitrogens with one attached hydrogen (secondary N) is 1. The molecule has 1 aliphatic heterocycles. The van der Waals surface area contributed by atoms with Crippen LogP contribution in [-0.4, -0.2) is 33.9 Å². The van der Waals surface area contributed by atoms with E-state index in [9.17, 15) is 22.8 Å². The van der Waals surface area contributed by atoms with E-state index in [1.807, 2.05) is 0 Å². The molecule has 0 spiro atoms. The fourth-order valence-corrected chi connectivity index (χ4v) is 2.06. The highest BCUT2D eigenvalue weighted by Gasteiger charge is 2.42. The lowest BCUT2D eigenvalue weighted by molar-refractivity contribution is -0.114. The highest BCUT2D eigenvalue weighted by Crippen LogP contribution is 2.36. The van der Waals surface area contributed by atoms with Crippen molar-refractivity contribution in [2.24, 2.45) is 5.16 Å². The van der Waals surface area contributed by atoms with Gasteiger partial charge in [0.05, 0.1) is 16.4 Å². The molecule has 2 rings (SSSR count). The monoisotopic (exact) mass is 351 g/mol. The number of pyridine rings is 1. The number of aromatic nitrogens is 1. The molecule has 0 bridgehead atoms. The Morgan fingerprint density at radius 3 is 2.61 bits per heavy atom. The number of halogens is 4. The highest BCUT2D eigenvalue weighted by atomic mass is 35.5. The van der Waals surface area contributed by atoms with Gasteiger partial charge in [-0.1, -0.05) is 16.8 Å². The summed E-state index contributed by atoms with van der Waals surface area (Å²) in [6, 6.07) is 1.15. The molecule has 124 valence electrons. The third-order valence-electron chi connectivity index (χ3n) is 2.82. The number of carbonyl (C=O) groups excluding carboxylic acids is 1. The maximum absolute atomic E-state index is 12.6. The highest BCUT2D eigenvalue weighted by molar-refractivity contribution is 6.36. The molecule has 0 aliphatic carbocycles. The Bertz CT molecular complexity index is 706. The van der Waals surface area contributed by atoms with E-state index >= 15 is 0 Å². The van der Waals surface area contributed by atoms with Gasteiger partial charge in [-0.15, -0.1) is 0 Å². The predicted molar refractivity (Wildman–Crippen MR) is 72.4 cm³/mol. The second kappa shape index (κ2) is 6.03. The van der Waals surface area contributed by atoms with Crippen molar-refractivity contribution in [1.29, 1.82) is 0 Å². The third kappa shape index (κ3) is 3.70. The molecule has 0 radical (unpaired) electrons. The van der Waals surface area contributed by atoms with E-state index < -0.39 is 42.0 Å². The number of anilines is 1. The number of aromatic carboxylic acids is 1. The second-order valence-corrected chi connectivity index (χ2v) is 4.96. The van der Waals surface area contributed by atoms with Crippen LogP contribution in [0.5, 0.6) is 0 Å². The molecule has 1 aromatic heterocycles. The summed E-state index contributed by atoms with van der Waals surface area (Å²) < 4.78 is 37.7. The minimum Gasteiger partial charge on any atom is -0.476 e. The number of carbonyl (C=O) groups is 2. The van der Waals surface area contributed by atoms with E-state index in [-0.39, 0.29) is 16.4 Å². The summed E-state index contributed by atoms with van der Waals surface area (Å²) in [6.07, 6.45) is -6.51. The first kappa shape index (κ1) is 17.0. The molecule has 1 aromatic rings. The van der Waals surface area contributed by atoms with Crippen LogP contribution >= 0.6 is 11.6 Å². The summed E-state index contributed by atoms with van der Waals surface area (Å²) >= 11 is 5.82. The zero-order valence-electron chi connectivity index (χ0n) is 11.4. The van der Waals surface area contributed by atoms with Gasteiger partial charge >= 0.3 is 12.1 Å². The van der Waals surface area contributed by atoms with Crippen molar-refractivity contribution in [2.45, 2.75) is 25.6 Å². The van der Waals surface area contributed by atoms with Crippen molar-refractivity contribution in [3.05, 3.63) is 22.5 Å². The smallest absolute Gasteiger partial charge is 0.432 e. The number of hydrogen-bond donors (Lipinski definition) is 2. The van der Waals surface area contributed by atoms with E-state index in [0.717, 1.165) is 13.0 Å². The van der Waals surface area contributed by atoms with Crippen molar-refractivity contribution < 1.29 is 32.7 Å². The SMILES string of the molecule is CC(=O)Nc1cc(C2CC(C(F)(F)F)=NO2)nc(C(=O)O)c1Cl. The van der Waals surface area contributed by atoms with E-state index in [0.29, 0.717) is 0 Å². The summed E-state index contributed by atoms with van der Waals surface area (Å²) in [5.41, 5.74) is -1.99. The number of oxime groups is 1. The minimum atomic E-state index is -4.66. The molecule has 2 heterocycles. The standard InChI is InChI=1S/C12H9ClF3N3O4/c1-4(20)17-6-2-5(18-10(9(6)13)11(21)22)7-3-8(19-23-7)12(14,15)16/h2,7H,3H2,1H3,(H,21,22)(H,17,18,20). The van der Waals surface area contributed by atoms with Crippen molar-refractivity contribution in [2.75, 3.05) is 5.32 Å². The molecular weight excluding hydrogens is 343 g/mol. The number of alkyl halides is 3. The average Bonchev–Trinajstić information content (AvgIpc) is 2.89. The number of hydrogen-bond acceptors (Lipinski definition) is 5. The van der Waals surface area contributed by atoms with Gasteiger partial charge in [-0.25, -0.2) is 9.78 Å². The van der Waals surface area contributed by atoms with E-state index in [1.165, 1.54) is 0 Å². The van der Waals surface area contributed by atoms with Gasteiger partial charge in [0.15, 0.2) is 17.5 Å². The lowest BCUT2D eigenvalue weighted by Gasteiger charge is -2.13. The Morgan fingerprint density at radius 2 is 2.13 bits per heavy atom. The molecular formula is C12H9ClF3N3O4. The lowest BCUT2D eigenvalue weighted by atomic mass is 10.1. The molecule has 0 saturated heterocycles. The fourth-order valence-electron chi connectivity index (χ4n) is 1.84. The predicted octanol–water partition coefficient (Wildman–Crippen LogP) is 2.77. The molecule has 23 heavy (non-hydrogen) atoms. The molecule has 1 aliphatic rings. The minimum absolute atomic E-state index is 0.0920. The average molecular weight is 352 g/mol. The quantitative estimate of drug-likeness (QED) is 0.872. The van der Waals surface area contributed by atoms with Crippen molar-refractivity contribution in [3.63, 3.8) is 0 Å². The molecule has 0 fully saturated rings. The van der Waals surface area contributed by atoms with E-state index in [1.54, 1.807) is 0 Å². The summed E-state index contributed by atoms with van der Waals surface area (Å²) in [5, 5.41) is 13.9. The molecule has 0 aromatic carbocycles. The van der Waals surface area contributed by atoms with Gasteiger partial charge in [-0.3, -0.25) is 4.79 Å². The summed E-state index contributed by atoms with van der Waals surface area (Å²) in [6.45, 7) is 1.16. The second-order valence-electron chi connectivity index (χ2n) is 4.58. The first-order valence-electron chi connectivity index (χ1n) is 6.10. The van der Waals surface area contributed by atoms with Crippen LogP contribution < -0.4 is 5.32 Å². The maximum atomic E-state index is 12.6. The van der Waals surface area contributed by atoms with Crippen molar-refractivity contribution >= 4 is 34.9 Å². The molecule has 1 atom stereocenters. The van der Waals surface area contributed by atoms with Crippen LogP contribution in [0.15, 0.2) is 11.2 Å². The Morgan fingerprint density at radius 1 is 1.48 bits per heavy atom. The van der Waals surface area contributed by atoms with Crippen molar-refractivity contribution in [3.8, 4) is 0 Å². The number of carboxylic acids is 1. The van der Waals surface area contributed by atoms with Gasteiger partial charge in [0.2, 0.25) is 5.91 Å². The van der Waals surface area contributed by atoms with E-state index in [4.69, 9.17) is 16.7 Å². The summed E-state index contributed by atoms with van der Waals surface area (Å²) in [5.74, 6) is -2.04. The number of rotatable bonds is 3. The normalized spacial score (nSPS) is 17.4. The van der Waals surface area contributed by atoms with Crippen LogP contribution in [0.3, 0.4) is 0 Å². The van der Waals surface area contributed by atoms with Crippen LogP contribution in [0.2, 0.25) is 5.02 Å².